The third-order valence-electron chi connectivity index (χ3n) is 5.93. The van der Waals surface area contributed by atoms with Crippen molar-refractivity contribution < 1.29 is 4.79 Å². The van der Waals surface area contributed by atoms with E-state index in [0.29, 0.717) is 11.4 Å². The number of benzene rings is 3. The Morgan fingerprint density at radius 3 is 2.54 bits per heavy atom. The summed E-state index contributed by atoms with van der Waals surface area (Å²) >= 11 is 0. The smallest absolute Gasteiger partial charge is 0.255 e. The highest BCUT2D eigenvalue weighted by Crippen LogP contribution is 2.28. The van der Waals surface area contributed by atoms with Crippen molar-refractivity contribution in [3.05, 3.63) is 125 Å². The predicted molar refractivity (Wildman–Crippen MR) is 144 cm³/mol. The van der Waals surface area contributed by atoms with Gasteiger partial charge in [0.25, 0.3) is 5.56 Å². The molecule has 0 aliphatic rings. The molecule has 1 N–H and O–H groups in total. The maximum Gasteiger partial charge on any atom is 0.255 e. The lowest BCUT2D eigenvalue weighted by atomic mass is 10.1. The summed E-state index contributed by atoms with van der Waals surface area (Å²) in [5.41, 5.74) is 5.67. The van der Waals surface area contributed by atoms with E-state index in [1.807, 2.05) is 73.7 Å². The van der Waals surface area contributed by atoms with Gasteiger partial charge in [-0.15, -0.1) is 0 Å². The normalized spacial score (nSPS) is 11.2. The topological polar surface area (TPSA) is 64.0 Å². The first-order valence-electron chi connectivity index (χ1n) is 11.3. The van der Waals surface area contributed by atoms with E-state index in [2.05, 4.69) is 29.0 Å². The number of hydrogen-bond donors (Lipinski definition) is 1. The number of hydrogen-bond acceptors (Lipinski definition) is 3. The number of fused-ring (bicyclic) bond motifs is 3. The van der Waals surface area contributed by atoms with Gasteiger partial charge in [-0.1, -0.05) is 61.2 Å². The SMILES string of the molecule is C=CC(=O)Nc1cc(-n2c(=O)ccc3cnc4ccc(C=Cc5ccccc5)cc4c32)ccc1C. The Kier molecular flexibility index (Phi) is 5.81. The van der Waals surface area contributed by atoms with Crippen molar-refractivity contribution in [3.8, 4) is 5.69 Å². The summed E-state index contributed by atoms with van der Waals surface area (Å²) in [7, 11) is 0. The number of amides is 1. The molecule has 0 bridgehead atoms. The molecule has 2 heterocycles. The molecule has 0 spiro atoms. The maximum absolute atomic E-state index is 13.2. The number of carbonyl (C=O) groups is 1. The quantitative estimate of drug-likeness (QED) is 0.196. The third-order valence-corrected chi connectivity index (χ3v) is 5.93. The van der Waals surface area contributed by atoms with Gasteiger partial charge in [0.05, 0.1) is 16.7 Å². The Balaban J connectivity index is 1.72. The second-order valence-corrected chi connectivity index (χ2v) is 8.28. The lowest BCUT2D eigenvalue weighted by Crippen LogP contribution is -2.18. The van der Waals surface area contributed by atoms with Crippen LogP contribution in [0, 0.1) is 6.92 Å². The monoisotopic (exact) mass is 457 g/mol. The zero-order chi connectivity index (χ0) is 24.4. The number of carbonyl (C=O) groups excluding carboxylic acids is 1. The number of anilines is 1. The molecule has 0 radical (unpaired) electrons. The number of nitrogens with one attached hydrogen (secondary N) is 1. The van der Waals surface area contributed by atoms with Gasteiger partial charge >= 0.3 is 0 Å². The summed E-state index contributed by atoms with van der Waals surface area (Å²) in [5, 5.41) is 4.54. The molecular weight excluding hydrogens is 434 g/mol. The van der Waals surface area contributed by atoms with Crippen molar-refractivity contribution in [1.82, 2.24) is 9.55 Å². The predicted octanol–water partition coefficient (Wildman–Crippen LogP) is 6.14. The molecule has 5 nitrogen and oxygen atoms in total. The summed E-state index contributed by atoms with van der Waals surface area (Å²) in [4.78, 5) is 29.7. The Morgan fingerprint density at radius 2 is 1.74 bits per heavy atom. The summed E-state index contributed by atoms with van der Waals surface area (Å²) in [6, 6.07) is 25.0. The minimum Gasteiger partial charge on any atom is -0.322 e. The fourth-order valence-electron chi connectivity index (χ4n) is 4.11. The van der Waals surface area contributed by atoms with Crippen molar-refractivity contribution in [1.29, 1.82) is 0 Å². The van der Waals surface area contributed by atoms with Gasteiger partial charge in [0.1, 0.15) is 0 Å². The molecule has 35 heavy (non-hydrogen) atoms. The molecule has 1 amide bonds. The number of pyridine rings is 2. The number of nitrogens with zero attached hydrogens (tertiary/aromatic N) is 2. The Morgan fingerprint density at radius 1 is 0.943 bits per heavy atom. The molecule has 0 aliphatic heterocycles. The molecular formula is C30H23N3O2. The van der Waals surface area contributed by atoms with Gasteiger partial charge in [-0.3, -0.25) is 19.1 Å². The van der Waals surface area contributed by atoms with E-state index in [0.717, 1.165) is 38.5 Å². The average Bonchev–Trinajstić information content (AvgIpc) is 2.89. The molecule has 0 fully saturated rings. The van der Waals surface area contributed by atoms with Gasteiger partial charge in [-0.05, 0) is 60.0 Å². The lowest BCUT2D eigenvalue weighted by molar-refractivity contribution is -0.111. The highest BCUT2D eigenvalue weighted by molar-refractivity contribution is 6.05. The molecule has 0 unspecified atom stereocenters. The van der Waals surface area contributed by atoms with Crippen molar-refractivity contribution in [2.24, 2.45) is 0 Å². The maximum atomic E-state index is 13.2. The van der Waals surface area contributed by atoms with Gasteiger partial charge < -0.3 is 5.32 Å². The molecule has 5 rings (SSSR count). The number of aromatic nitrogens is 2. The van der Waals surface area contributed by atoms with Gasteiger partial charge in [0, 0.05) is 28.7 Å². The fourth-order valence-corrected chi connectivity index (χ4v) is 4.11. The van der Waals surface area contributed by atoms with Gasteiger partial charge in [-0.2, -0.15) is 0 Å². The van der Waals surface area contributed by atoms with E-state index in [-0.39, 0.29) is 11.5 Å². The van der Waals surface area contributed by atoms with Gasteiger partial charge in [-0.25, -0.2) is 0 Å². The molecule has 0 atom stereocenters. The first-order chi connectivity index (χ1) is 17.0. The van der Waals surface area contributed by atoms with Crippen LogP contribution in [0.1, 0.15) is 16.7 Å². The van der Waals surface area contributed by atoms with E-state index in [1.165, 1.54) is 12.1 Å². The zero-order valence-corrected chi connectivity index (χ0v) is 19.2. The summed E-state index contributed by atoms with van der Waals surface area (Å²) in [5.74, 6) is -0.306. The number of aryl methyl sites for hydroxylation is 1. The molecule has 0 saturated carbocycles. The van der Waals surface area contributed by atoms with Crippen molar-refractivity contribution in [2.75, 3.05) is 5.32 Å². The van der Waals surface area contributed by atoms with Crippen LogP contribution < -0.4 is 10.9 Å². The van der Waals surface area contributed by atoms with Crippen molar-refractivity contribution >= 4 is 45.6 Å². The average molecular weight is 458 g/mol. The van der Waals surface area contributed by atoms with Crippen LogP contribution in [-0.4, -0.2) is 15.5 Å². The molecule has 5 aromatic rings. The highest BCUT2D eigenvalue weighted by Gasteiger charge is 2.12. The second-order valence-electron chi connectivity index (χ2n) is 8.28. The fraction of sp³-hybridized carbons (Fsp3) is 0.0333. The first kappa shape index (κ1) is 22.0. The lowest BCUT2D eigenvalue weighted by Gasteiger charge is -2.15. The van der Waals surface area contributed by atoms with Crippen LogP contribution in [0.2, 0.25) is 0 Å². The second kappa shape index (κ2) is 9.23. The molecule has 3 aromatic carbocycles. The van der Waals surface area contributed by atoms with Crippen LogP contribution in [0.15, 0.2) is 103 Å². The highest BCUT2D eigenvalue weighted by atomic mass is 16.1. The standard InChI is InChI=1S/C30H23N3O2/c1-3-28(34)32-27-18-24(14-9-20(27)2)33-29(35)16-13-23-19-31-26-15-12-22(17-25(26)30(23)33)11-10-21-7-5-4-6-8-21/h3-19H,1H2,2H3,(H,32,34). The van der Waals surface area contributed by atoms with E-state index in [1.54, 1.807) is 16.8 Å². The van der Waals surface area contributed by atoms with Gasteiger partial charge in [0.2, 0.25) is 5.91 Å². The minimum atomic E-state index is -0.306. The third kappa shape index (κ3) is 4.39. The van der Waals surface area contributed by atoms with E-state index in [9.17, 15) is 9.59 Å². The largest absolute Gasteiger partial charge is 0.322 e. The zero-order valence-electron chi connectivity index (χ0n) is 19.2. The molecule has 170 valence electrons. The summed E-state index contributed by atoms with van der Waals surface area (Å²) < 4.78 is 1.67. The first-order valence-corrected chi connectivity index (χ1v) is 11.3. The molecule has 2 aromatic heterocycles. The summed E-state index contributed by atoms with van der Waals surface area (Å²) in [6.07, 6.45) is 7.11. The van der Waals surface area contributed by atoms with Crippen LogP contribution in [0.5, 0.6) is 0 Å². The van der Waals surface area contributed by atoms with Crippen LogP contribution in [0.25, 0.3) is 39.6 Å². The van der Waals surface area contributed by atoms with E-state index in [4.69, 9.17) is 0 Å². The van der Waals surface area contributed by atoms with Crippen molar-refractivity contribution in [2.45, 2.75) is 6.92 Å². The van der Waals surface area contributed by atoms with Crippen LogP contribution >= 0.6 is 0 Å². The van der Waals surface area contributed by atoms with Crippen LogP contribution in [-0.2, 0) is 4.79 Å². The van der Waals surface area contributed by atoms with Crippen LogP contribution in [0.4, 0.5) is 5.69 Å². The van der Waals surface area contributed by atoms with E-state index >= 15 is 0 Å². The molecule has 0 saturated heterocycles. The minimum absolute atomic E-state index is 0.167. The van der Waals surface area contributed by atoms with E-state index < -0.39 is 0 Å². The Bertz CT molecular complexity index is 1680. The molecule has 0 aliphatic carbocycles. The summed E-state index contributed by atoms with van der Waals surface area (Å²) in [6.45, 7) is 5.42. The Hall–Kier alpha value is -4.77. The Labute approximate surface area is 202 Å². The van der Waals surface area contributed by atoms with Crippen LogP contribution in [0.3, 0.4) is 0 Å². The van der Waals surface area contributed by atoms with Crippen molar-refractivity contribution in [3.63, 3.8) is 0 Å². The number of rotatable bonds is 5. The van der Waals surface area contributed by atoms with Gasteiger partial charge in [0.15, 0.2) is 0 Å². The molecule has 5 heteroatoms.